The van der Waals surface area contributed by atoms with Crippen molar-refractivity contribution in [3.63, 3.8) is 0 Å². The zero-order chi connectivity index (χ0) is 13.6. The van der Waals surface area contributed by atoms with Gasteiger partial charge in [-0.05, 0) is 19.1 Å². The first-order valence-electron chi connectivity index (χ1n) is 6.11. The maximum atomic E-state index is 12.5. The SMILES string of the molecule is CCN1C(=O)[C@@](O)([C@@H]2C=CC(=O)O2)c2ccccc21. The van der Waals surface area contributed by atoms with E-state index in [-0.39, 0.29) is 0 Å². The number of rotatable bonds is 2. The number of cyclic esters (lactones) is 1. The summed E-state index contributed by atoms with van der Waals surface area (Å²) in [6.07, 6.45) is 1.69. The summed E-state index contributed by atoms with van der Waals surface area (Å²) in [5.41, 5.74) is -0.685. The minimum atomic E-state index is -1.82. The second-order valence-electron chi connectivity index (χ2n) is 4.55. The predicted molar refractivity (Wildman–Crippen MR) is 67.4 cm³/mol. The third-order valence-electron chi connectivity index (χ3n) is 3.55. The van der Waals surface area contributed by atoms with Crippen molar-refractivity contribution in [1.29, 1.82) is 0 Å². The van der Waals surface area contributed by atoms with Crippen LogP contribution in [-0.2, 0) is 19.9 Å². The first-order chi connectivity index (χ1) is 9.09. The summed E-state index contributed by atoms with van der Waals surface area (Å²) >= 11 is 0. The van der Waals surface area contributed by atoms with Crippen molar-refractivity contribution in [1.82, 2.24) is 0 Å². The van der Waals surface area contributed by atoms with Gasteiger partial charge in [0.2, 0.25) is 5.60 Å². The minimum Gasteiger partial charge on any atom is -0.451 e. The maximum absolute atomic E-state index is 12.5. The summed E-state index contributed by atoms with van der Waals surface area (Å²) < 4.78 is 5.02. The van der Waals surface area contributed by atoms with Crippen molar-refractivity contribution >= 4 is 17.6 Å². The summed E-state index contributed by atoms with van der Waals surface area (Å²) in [6.45, 7) is 2.28. The highest BCUT2D eigenvalue weighted by Crippen LogP contribution is 2.44. The monoisotopic (exact) mass is 259 g/mol. The molecule has 0 spiro atoms. The molecule has 3 rings (SSSR count). The van der Waals surface area contributed by atoms with Crippen LogP contribution >= 0.6 is 0 Å². The molecule has 5 heteroatoms. The van der Waals surface area contributed by atoms with Crippen LogP contribution in [0.1, 0.15) is 12.5 Å². The zero-order valence-electron chi connectivity index (χ0n) is 10.4. The zero-order valence-corrected chi connectivity index (χ0v) is 10.4. The fourth-order valence-corrected chi connectivity index (χ4v) is 2.64. The highest BCUT2D eigenvalue weighted by atomic mass is 16.6. The summed E-state index contributed by atoms with van der Waals surface area (Å²) in [4.78, 5) is 25.1. The predicted octanol–water partition coefficient (Wildman–Crippen LogP) is 0.722. The lowest BCUT2D eigenvalue weighted by atomic mass is 9.89. The van der Waals surface area contributed by atoms with Gasteiger partial charge in [0, 0.05) is 18.2 Å². The van der Waals surface area contributed by atoms with Gasteiger partial charge in [-0.25, -0.2) is 4.79 Å². The van der Waals surface area contributed by atoms with E-state index >= 15 is 0 Å². The molecule has 0 aliphatic carbocycles. The van der Waals surface area contributed by atoms with Gasteiger partial charge >= 0.3 is 5.97 Å². The first-order valence-corrected chi connectivity index (χ1v) is 6.11. The molecule has 0 aromatic heterocycles. The van der Waals surface area contributed by atoms with E-state index in [4.69, 9.17) is 4.74 Å². The molecule has 0 fully saturated rings. The van der Waals surface area contributed by atoms with Gasteiger partial charge in [-0.2, -0.15) is 0 Å². The Hall–Kier alpha value is -2.14. The van der Waals surface area contributed by atoms with Gasteiger partial charge in [0.25, 0.3) is 5.91 Å². The van der Waals surface area contributed by atoms with E-state index in [1.165, 1.54) is 17.1 Å². The third kappa shape index (κ3) is 1.45. The van der Waals surface area contributed by atoms with E-state index in [0.717, 1.165) is 0 Å². The van der Waals surface area contributed by atoms with Crippen LogP contribution in [0.5, 0.6) is 0 Å². The van der Waals surface area contributed by atoms with E-state index in [2.05, 4.69) is 0 Å². The lowest BCUT2D eigenvalue weighted by molar-refractivity contribution is -0.159. The molecule has 2 aliphatic rings. The van der Waals surface area contributed by atoms with E-state index in [0.29, 0.717) is 17.8 Å². The summed E-state index contributed by atoms with van der Waals surface area (Å²) in [5.74, 6) is -1.00. The van der Waals surface area contributed by atoms with E-state index in [1.54, 1.807) is 24.3 Å². The van der Waals surface area contributed by atoms with Crippen LogP contribution in [0.3, 0.4) is 0 Å². The number of para-hydroxylation sites is 1. The molecule has 1 aromatic carbocycles. The number of ether oxygens (including phenoxy) is 1. The Balaban J connectivity index is 2.14. The Morgan fingerprint density at radius 3 is 2.74 bits per heavy atom. The second-order valence-corrected chi connectivity index (χ2v) is 4.55. The standard InChI is InChI=1S/C14H13NO4/c1-2-15-10-6-4-3-5-9(10)14(18,13(15)17)11-7-8-12(16)19-11/h3-8,11,18H,2H2,1H3/t11-,14-/m0/s1. The van der Waals surface area contributed by atoms with Crippen molar-refractivity contribution in [3.05, 3.63) is 42.0 Å². The Morgan fingerprint density at radius 1 is 1.37 bits per heavy atom. The molecule has 1 aromatic rings. The molecule has 19 heavy (non-hydrogen) atoms. The number of carbonyl (C=O) groups excluding carboxylic acids is 2. The van der Waals surface area contributed by atoms with E-state index in [9.17, 15) is 14.7 Å². The lowest BCUT2D eigenvalue weighted by Crippen LogP contribution is -2.48. The molecule has 5 nitrogen and oxygen atoms in total. The number of likely N-dealkylation sites (N-methyl/N-ethyl adjacent to an activating group) is 1. The van der Waals surface area contributed by atoms with Crippen LogP contribution in [-0.4, -0.2) is 29.6 Å². The van der Waals surface area contributed by atoms with Gasteiger partial charge in [0.05, 0.1) is 5.69 Å². The molecule has 2 aliphatic heterocycles. The molecular formula is C14H13NO4. The van der Waals surface area contributed by atoms with Gasteiger partial charge in [-0.15, -0.1) is 0 Å². The molecule has 0 saturated heterocycles. The number of fused-ring (bicyclic) bond motifs is 1. The molecule has 1 N–H and O–H groups in total. The Bertz CT molecular complexity index is 595. The molecule has 0 saturated carbocycles. The number of aliphatic hydroxyl groups is 1. The van der Waals surface area contributed by atoms with Crippen LogP contribution in [0, 0.1) is 0 Å². The van der Waals surface area contributed by atoms with Crippen LogP contribution in [0.25, 0.3) is 0 Å². The van der Waals surface area contributed by atoms with Crippen LogP contribution < -0.4 is 4.90 Å². The molecule has 98 valence electrons. The normalized spacial score (nSPS) is 28.7. The van der Waals surface area contributed by atoms with Crippen molar-refractivity contribution in [2.45, 2.75) is 18.6 Å². The first kappa shape index (κ1) is 11.9. The van der Waals surface area contributed by atoms with Crippen LogP contribution in [0.4, 0.5) is 5.69 Å². The Labute approximate surface area is 110 Å². The minimum absolute atomic E-state index is 0.447. The number of anilines is 1. The Kier molecular flexibility index (Phi) is 2.46. The number of hydrogen-bond donors (Lipinski definition) is 1. The van der Waals surface area contributed by atoms with Crippen molar-refractivity contribution < 1.29 is 19.4 Å². The third-order valence-corrected chi connectivity index (χ3v) is 3.55. The summed E-state index contributed by atoms with van der Waals surface area (Å²) in [6, 6.07) is 7.01. The average molecular weight is 259 g/mol. The van der Waals surface area contributed by atoms with Crippen molar-refractivity contribution in [2.75, 3.05) is 11.4 Å². The average Bonchev–Trinajstić information content (AvgIpc) is 2.94. The number of hydrogen-bond acceptors (Lipinski definition) is 4. The van der Waals surface area contributed by atoms with Crippen LogP contribution in [0.15, 0.2) is 36.4 Å². The topological polar surface area (TPSA) is 66.8 Å². The van der Waals surface area contributed by atoms with E-state index in [1.807, 2.05) is 6.92 Å². The quantitative estimate of drug-likeness (QED) is 0.795. The van der Waals surface area contributed by atoms with Crippen molar-refractivity contribution in [2.24, 2.45) is 0 Å². The second kappa shape index (κ2) is 3.93. The number of amides is 1. The molecule has 1 amide bonds. The largest absolute Gasteiger partial charge is 0.451 e. The van der Waals surface area contributed by atoms with E-state index < -0.39 is 23.6 Å². The summed E-state index contributed by atoms with van der Waals surface area (Å²) in [7, 11) is 0. The molecule has 2 atom stereocenters. The van der Waals surface area contributed by atoms with Gasteiger partial charge < -0.3 is 14.7 Å². The maximum Gasteiger partial charge on any atom is 0.331 e. The molecule has 0 radical (unpaired) electrons. The van der Waals surface area contributed by atoms with Gasteiger partial charge in [0.1, 0.15) is 0 Å². The highest BCUT2D eigenvalue weighted by molar-refractivity contribution is 6.08. The lowest BCUT2D eigenvalue weighted by Gasteiger charge is -2.26. The number of benzene rings is 1. The fraction of sp³-hybridized carbons (Fsp3) is 0.286. The van der Waals surface area contributed by atoms with Crippen molar-refractivity contribution in [3.8, 4) is 0 Å². The molecule has 0 bridgehead atoms. The Morgan fingerprint density at radius 2 is 2.11 bits per heavy atom. The molecule has 2 heterocycles. The van der Waals surface area contributed by atoms with Gasteiger partial charge in [-0.1, -0.05) is 18.2 Å². The van der Waals surface area contributed by atoms with Crippen LogP contribution in [0.2, 0.25) is 0 Å². The molecule has 0 unspecified atom stereocenters. The summed E-state index contributed by atoms with van der Waals surface area (Å²) in [5, 5.41) is 10.8. The smallest absolute Gasteiger partial charge is 0.331 e. The highest BCUT2D eigenvalue weighted by Gasteiger charge is 2.56. The number of esters is 1. The van der Waals surface area contributed by atoms with Gasteiger partial charge in [-0.3, -0.25) is 4.79 Å². The van der Waals surface area contributed by atoms with Gasteiger partial charge in [0.15, 0.2) is 6.10 Å². The number of nitrogens with zero attached hydrogens (tertiary/aromatic N) is 1. The fourth-order valence-electron chi connectivity index (χ4n) is 2.64. The molecular weight excluding hydrogens is 246 g/mol. The number of carbonyl (C=O) groups is 2.